The van der Waals surface area contributed by atoms with Gasteiger partial charge in [0.1, 0.15) is 17.4 Å². The van der Waals surface area contributed by atoms with E-state index in [4.69, 9.17) is 21.7 Å². The summed E-state index contributed by atoms with van der Waals surface area (Å²) < 4.78 is 10.4. The van der Waals surface area contributed by atoms with Gasteiger partial charge in [0.25, 0.3) is 0 Å². The lowest BCUT2D eigenvalue weighted by Gasteiger charge is -2.27. The molecule has 0 bridgehead atoms. The smallest absolute Gasteiger partial charge is 0.118 e. The molecule has 0 aromatic heterocycles. The Labute approximate surface area is 164 Å². The van der Waals surface area contributed by atoms with Crippen molar-refractivity contribution >= 4 is 23.3 Å². The molecule has 0 radical (unpaired) electrons. The van der Waals surface area contributed by atoms with E-state index in [0.717, 1.165) is 28.3 Å². The van der Waals surface area contributed by atoms with Gasteiger partial charge >= 0.3 is 0 Å². The highest BCUT2D eigenvalue weighted by atomic mass is 32.1. The van der Waals surface area contributed by atoms with E-state index in [2.05, 4.69) is 11.4 Å². The first kappa shape index (κ1) is 18.7. The first-order chi connectivity index (χ1) is 13.1. The number of benzene rings is 2. The fourth-order valence-corrected chi connectivity index (χ4v) is 3.28. The number of allylic oxidation sites excluding steroid dienone is 2. The summed E-state index contributed by atoms with van der Waals surface area (Å²) in [5.41, 5.74) is 2.96. The average Bonchev–Trinajstić information content (AvgIpc) is 2.72. The van der Waals surface area contributed by atoms with Crippen LogP contribution in [0.1, 0.15) is 17.0 Å². The van der Waals surface area contributed by atoms with Crippen LogP contribution in [0.3, 0.4) is 0 Å². The van der Waals surface area contributed by atoms with Crippen molar-refractivity contribution in [3.63, 3.8) is 0 Å². The third kappa shape index (κ3) is 4.36. The van der Waals surface area contributed by atoms with E-state index in [1.54, 1.807) is 14.2 Å². The number of methoxy groups -OCH3 is 2. The Morgan fingerprint density at radius 1 is 0.963 bits per heavy atom. The van der Waals surface area contributed by atoms with E-state index in [1.807, 2.05) is 66.8 Å². The van der Waals surface area contributed by atoms with E-state index >= 15 is 0 Å². The number of nitrogens with zero attached hydrogens (tertiary/aromatic N) is 1. The lowest BCUT2D eigenvalue weighted by Crippen LogP contribution is -2.35. The van der Waals surface area contributed by atoms with Crippen molar-refractivity contribution < 1.29 is 9.47 Å². The van der Waals surface area contributed by atoms with Crippen LogP contribution in [0.5, 0.6) is 11.5 Å². The summed E-state index contributed by atoms with van der Waals surface area (Å²) in [5.74, 6) is 1.10. The fourth-order valence-electron chi connectivity index (χ4n) is 2.97. The molecule has 1 heterocycles. The maximum atomic E-state index is 9.58. The summed E-state index contributed by atoms with van der Waals surface area (Å²) in [5, 5.41) is 12.7. The Balaban J connectivity index is 1.87. The Morgan fingerprint density at radius 3 is 2.11 bits per heavy atom. The van der Waals surface area contributed by atoms with Gasteiger partial charge in [-0.3, -0.25) is 0 Å². The summed E-state index contributed by atoms with van der Waals surface area (Å²) in [6, 6.07) is 17.9. The highest BCUT2D eigenvalue weighted by Gasteiger charge is 2.29. The van der Waals surface area contributed by atoms with Crippen LogP contribution in [0, 0.1) is 17.2 Å². The van der Waals surface area contributed by atoms with Gasteiger partial charge in [-0.2, -0.15) is 5.26 Å². The number of nitrogens with one attached hydrogen (secondary N) is 1. The molecule has 2 unspecified atom stereocenters. The monoisotopic (exact) mass is 376 g/mol. The Hall–Kier alpha value is -3.10. The lowest BCUT2D eigenvalue weighted by atomic mass is 9.83. The molecule has 0 spiro atoms. The SMILES string of the molecule is COc1ccc(/C=C/C2=CC(c3ccc(OC)cc3)C(C#N)C(=S)N2)cc1. The van der Waals surface area contributed by atoms with Gasteiger partial charge in [0.2, 0.25) is 0 Å². The van der Waals surface area contributed by atoms with Crippen molar-refractivity contribution in [2.75, 3.05) is 14.2 Å². The molecule has 4 nitrogen and oxygen atoms in total. The largest absolute Gasteiger partial charge is 0.497 e. The van der Waals surface area contributed by atoms with E-state index in [9.17, 15) is 5.26 Å². The summed E-state index contributed by atoms with van der Waals surface area (Å²) in [7, 11) is 3.28. The molecule has 0 fully saturated rings. The van der Waals surface area contributed by atoms with Crippen LogP contribution in [0.4, 0.5) is 0 Å². The van der Waals surface area contributed by atoms with Crippen LogP contribution in [0.25, 0.3) is 6.08 Å². The molecule has 1 aliphatic heterocycles. The molecule has 0 aliphatic carbocycles. The molecular weight excluding hydrogens is 356 g/mol. The third-order valence-electron chi connectivity index (χ3n) is 4.48. The lowest BCUT2D eigenvalue weighted by molar-refractivity contribution is 0.414. The summed E-state index contributed by atoms with van der Waals surface area (Å²) in [6.07, 6.45) is 6.02. The number of nitriles is 1. The van der Waals surface area contributed by atoms with Gasteiger partial charge in [-0.05, 0) is 41.5 Å². The van der Waals surface area contributed by atoms with Crippen molar-refractivity contribution in [3.8, 4) is 17.6 Å². The molecular formula is C22H20N2O2S. The fraction of sp³-hybridized carbons (Fsp3) is 0.182. The quantitative estimate of drug-likeness (QED) is 0.781. The zero-order chi connectivity index (χ0) is 19.2. The number of thiocarbonyl (C=S) groups is 1. The zero-order valence-corrected chi connectivity index (χ0v) is 16.0. The Kier molecular flexibility index (Phi) is 5.90. The van der Waals surface area contributed by atoms with Crippen LogP contribution >= 0.6 is 12.2 Å². The van der Waals surface area contributed by atoms with E-state index in [-0.39, 0.29) is 5.92 Å². The second-order valence-electron chi connectivity index (χ2n) is 6.12. The van der Waals surface area contributed by atoms with Gasteiger partial charge in [0, 0.05) is 11.6 Å². The minimum absolute atomic E-state index is 0.106. The standard InChI is InChI=1S/C22H20N2O2S/c1-25-18-9-4-15(5-10-18)3-8-17-13-20(21(14-23)22(27)24-17)16-6-11-19(26-2)12-7-16/h3-13,20-21H,1-2H3,(H,24,27)/b8-3+. The molecule has 3 rings (SSSR count). The van der Waals surface area contributed by atoms with Crippen LogP contribution in [-0.2, 0) is 0 Å². The van der Waals surface area contributed by atoms with Gasteiger partial charge in [-0.1, -0.05) is 48.6 Å². The predicted octanol–water partition coefficient (Wildman–Crippen LogP) is 4.46. The highest BCUT2D eigenvalue weighted by molar-refractivity contribution is 7.80. The van der Waals surface area contributed by atoms with Gasteiger partial charge in [0.05, 0.1) is 25.3 Å². The molecule has 5 heteroatoms. The van der Waals surface area contributed by atoms with E-state index in [1.165, 1.54) is 0 Å². The van der Waals surface area contributed by atoms with Crippen molar-refractivity contribution in [2.24, 2.45) is 5.92 Å². The maximum Gasteiger partial charge on any atom is 0.118 e. The van der Waals surface area contributed by atoms with Crippen molar-refractivity contribution in [1.29, 1.82) is 5.26 Å². The second-order valence-corrected chi connectivity index (χ2v) is 6.56. The van der Waals surface area contributed by atoms with Gasteiger partial charge in [-0.25, -0.2) is 0 Å². The molecule has 2 aromatic carbocycles. The first-order valence-electron chi connectivity index (χ1n) is 8.53. The predicted molar refractivity (Wildman–Crippen MR) is 111 cm³/mol. The van der Waals surface area contributed by atoms with Crippen LogP contribution in [-0.4, -0.2) is 19.2 Å². The molecule has 27 heavy (non-hydrogen) atoms. The van der Waals surface area contributed by atoms with Gasteiger partial charge in [0.15, 0.2) is 0 Å². The summed E-state index contributed by atoms with van der Waals surface area (Å²) in [4.78, 5) is 0.537. The maximum absolute atomic E-state index is 9.58. The number of rotatable bonds is 5. The van der Waals surface area contributed by atoms with Crippen LogP contribution < -0.4 is 14.8 Å². The highest BCUT2D eigenvalue weighted by Crippen LogP contribution is 2.32. The molecule has 0 saturated carbocycles. The number of hydrogen-bond acceptors (Lipinski definition) is 4. The third-order valence-corrected chi connectivity index (χ3v) is 4.84. The summed E-state index contributed by atoms with van der Waals surface area (Å²) >= 11 is 5.44. The van der Waals surface area contributed by atoms with Crippen LogP contribution in [0.2, 0.25) is 0 Å². The first-order valence-corrected chi connectivity index (χ1v) is 8.94. The molecule has 136 valence electrons. The topological polar surface area (TPSA) is 54.3 Å². The van der Waals surface area contributed by atoms with Crippen molar-refractivity contribution in [1.82, 2.24) is 5.32 Å². The van der Waals surface area contributed by atoms with Crippen molar-refractivity contribution in [2.45, 2.75) is 5.92 Å². The minimum Gasteiger partial charge on any atom is -0.497 e. The van der Waals surface area contributed by atoms with Crippen molar-refractivity contribution in [3.05, 3.63) is 77.5 Å². The molecule has 2 atom stereocenters. The second kappa shape index (κ2) is 8.52. The van der Waals surface area contributed by atoms with Crippen LogP contribution in [0.15, 0.2) is 66.4 Å². The molecule has 0 saturated heterocycles. The van der Waals surface area contributed by atoms with Gasteiger partial charge in [-0.15, -0.1) is 0 Å². The molecule has 0 amide bonds. The van der Waals surface area contributed by atoms with E-state index < -0.39 is 5.92 Å². The molecule has 1 N–H and O–H groups in total. The van der Waals surface area contributed by atoms with E-state index in [0.29, 0.717) is 4.99 Å². The molecule has 2 aromatic rings. The normalized spacial score (nSPS) is 19.1. The molecule has 1 aliphatic rings. The Bertz CT molecular complexity index is 909. The average molecular weight is 376 g/mol. The number of hydrogen-bond donors (Lipinski definition) is 1. The minimum atomic E-state index is -0.397. The number of ether oxygens (including phenoxy) is 2. The summed E-state index contributed by atoms with van der Waals surface area (Å²) in [6.45, 7) is 0. The van der Waals surface area contributed by atoms with Gasteiger partial charge < -0.3 is 14.8 Å². The zero-order valence-electron chi connectivity index (χ0n) is 15.2. The Morgan fingerprint density at radius 2 is 1.56 bits per heavy atom.